The summed E-state index contributed by atoms with van der Waals surface area (Å²) in [6, 6.07) is 15.6. The number of hydrogen-bond donors (Lipinski definition) is 2. The van der Waals surface area contributed by atoms with E-state index in [-0.39, 0.29) is 0 Å². The number of furan rings is 1. The number of thiocarbonyl (C=S) groups is 1. The van der Waals surface area contributed by atoms with Crippen LogP contribution in [-0.4, -0.2) is 27.7 Å². The molecular weight excluding hydrogens is 398 g/mol. The van der Waals surface area contributed by atoms with Crippen LogP contribution in [0.4, 0.5) is 11.8 Å². The van der Waals surface area contributed by atoms with E-state index in [1.807, 2.05) is 48.5 Å². The molecule has 156 valence electrons. The molecule has 8 heteroatoms. The van der Waals surface area contributed by atoms with Crippen LogP contribution in [0.1, 0.15) is 31.9 Å². The molecule has 0 spiro atoms. The summed E-state index contributed by atoms with van der Waals surface area (Å²) in [4.78, 5) is 11.5. The van der Waals surface area contributed by atoms with Gasteiger partial charge in [-0.25, -0.2) is 0 Å². The predicted octanol–water partition coefficient (Wildman–Crippen LogP) is 4.73. The number of nitrogens with one attached hydrogen (secondary N) is 2. The van der Waals surface area contributed by atoms with Crippen LogP contribution in [0.2, 0.25) is 0 Å². The average molecular weight is 424 g/mol. The highest BCUT2D eigenvalue weighted by Gasteiger charge is 2.21. The van der Waals surface area contributed by atoms with Crippen LogP contribution in [0, 0.1) is 0 Å². The number of nitrogens with zero attached hydrogens (tertiary/aromatic N) is 3. The van der Waals surface area contributed by atoms with Gasteiger partial charge in [0.15, 0.2) is 5.11 Å². The van der Waals surface area contributed by atoms with E-state index in [1.165, 1.54) is 6.42 Å². The van der Waals surface area contributed by atoms with E-state index in [2.05, 4.69) is 27.4 Å². The van der Waals surface area contributed by atoms with Crippen molar-refractivity contribution in [2.45, 2.75) is 38.8 Å². The molecule has 1 aliphatic rings. The number of para-hydroxylation sites is 1. The summed E-state index contributed by atoms with van der Waals surface area (Å²) in [5.74, 6) is 3.22. The molecule has 7 nitrogen and oxygen atoms in total. The summed E-state index contributed by atoms with van der Waals surface area (Å²) >= 11 is 5.41. The van der Waals surface area contributed by atoms with Gasteiger partial charge in [-0.3, -0.25) is 0 Å². The molecule has 0 saturated carbocycles. The zero-order valence-electron chi connectivity index (χ0n) is 16.9. The maximum absolute atomic E-state index is 5.99. The zero-order valence-corrected chi connectivity index (χ0v) is 17.7. The Bertz CT molecular complexity index is 965. The molecule has 0 radical (unpaired) electrons. The average Bonchev–Trinajstić information content (AvgIpc) is 3.27. The predicted molar refractivity (Wildman–Crippen MR) is 121 cm³/mol. The molecule has 2 N–H and O–H groups in total. The molecule has 4 rings (SSSR count). The molecule has 3 aromatic rings. The van der Waals surface area contributed by atoms with Crippen molar-refractivity contribution in [2.75, 3.05) is 16.8 Å². The van der Waals surface area contributed by atoms with Crippen LogP contribution < -0.4 is 20.3 Å². The fraction of sp³-hybridized carbons (Fsp3) is 0.318. The van der Waals surface area contributed by atoms with Gasteiger partial charge in [-0.1, -0.05) is 18.2 Å². The van der Waals surface area contributed by atoms with Crippen LogP contribution in [-0.2, 0) is 6.54 Å². The van der Waals surface area contributed by atoms with Crippen LogP contribution in [0.15, 0.2) is 59.2 Å². The minimum Gasteiger partial charge on any atom is -0.467 e. The molecule has 0 unspecified atom stereocenters. The van der Waals surface area contributed by atoms with Crippen LogP contribution in [0.3, 0.4) is 0 Å². The standard InChI is InChI=1S/C22H25N5O2S/c1-16-8-5-6-12-27(16)19-14-20(29-17-9-3-2-4-10-17)25-21(24-19)26-22(30)23-15-18-11-7-13-28-18/h2-4,7,9-11,13-14,16H,5-6,8,12,15H2,1H3,(H2,23,24,25,26,30)/t16-/m1/s1. The molecule has 2 aromatic heterocycles. The van der Waals surface area contributed by atoms with Gasteiger partial charge in [0, 0.05) is 18.7 Å². The van der Waals surface area contributed by atoms with Gasteiger partial charge in [-0.2, -0.15) is 9.97 Å². The summed E-state index contributed by atoms with van der Waals surface area (Å²) in [5.41, 5.74) is 0. The summed E-state index contributed by atoms with van der Waals surface area (Å²) in [7, 11) is 0. The number of rotatable bonds is 6. The lowest BCUT2D eigenvalue weighted by Gasteiger charge is -2.34. The van der Waals surface area contributed by atoms with Crippen molar-refractivity contribution in [3.8, 4) is 11.6 Å². The highest BCUT2D eigenvalue weighted by atomic mass is 32.1. The number of hydrogen-bond acceptors (Lipinski definition) is 6. The zero-order chi connectivity index (χ0) is 20.8. The first-order valence-electron chi connectivity index (χ1n) is 10.1. The highest BCUT2D eigenvalue weighted by molar-refractivity contribution is 7.80. The van der Waals surface area contributed by atoms with Crippen molar-refractivity contribution < 1.29 is 9.15 Å². The fourth-order valence-corrected chi connectivity index (χ4v) is 3.61. The lowest BCUT2D eigenvalue weighted by molar-refractivity contribution is 0.457. The Kier molecular flexibility index (Phi) is 6.44. The highest BCUT2D eigenvalue weighted by Crippen LogP contribution is 2.28. The summed E-state index contributed by atoms with van der Waals surface area (Å²) in [6.45, 7) is 3.67. The Balaban J connectivity index is 1.53. The molecule has 30 heavy (non-hydrogen) atoms. The van der Waals surface area contributed by atoms with Gasteiger partial charge in [0.2, 0.25) is 11.8 Å². The van der Waals surface area contributed by atoms with Gasteiger partial charge in [0.1, 0.15) is 17.3 Å². The quantitative estimate of drug-likeness (QED) is 0.551. The Labute approximate surface area is 181 Å². The Hall–Kier alpha value is -3.13. The second-order valence-corrected chi connectivity index (χ2v) is 7.64. The van der Waals surface area contributed by atoms with Gasteiger partial charge in [0.25, 0.3) is 0 Å². The lowest BCUT2D eigenvalue weighted by atomic mass is 10.0. The third-order valence-electron chi connectivity index (χ3n) is 4.98. The van der Waals surface area contributed by atoms with E-state index in [4.69, 9.17) is 26.4 Å². The number of aromatic nitrogens is 2. The van der Waals surface area contributed by atoms with E-state index < -0.39 is 0 Å². The van der Waals surface area contributed by atoms with E-state index >= 15 is 0 Å². The number of anilines is 2. The largest absolute Gasteiger partial charge is 0.467 e. The van der Waals surface area contributed by atoms with Crippen molar-refractivity contribution in [1.82, 2.24) is 15.3 Å². The third-order valence-corrected chi connectivity index (χ3v) is 5.23. The maximum atomic E-state index is 5.99. The number of ether oxygens (including phenoxy) is 1. The third kappa shape index (κ3) is 5.27. The first-order valence-corrected chi connectivity index (χ1v) is 10.5. The summed E-state index contributed by atoms with van der Waals surface area (Å²) in [5, 5.41) is 6.59. The minimum atomic E-state index is 0.396. The first-order chi connectivity index (χ1) is 14.7. The van der Waals surface area contributed by atoms with Crippen molar-refractivity contribution in [3.05, 3.63) is 60.6 Å². The second kappa shape index (κ2) is 9.58. The molecule has 1 aromatic carbocycles. The molecule has 0 aliphatic carbocycles. The summed E-state index contributed by atoms with van der Waals surface area (Å²) in [6.07, 6.45) is 5.16. The molecule has 1 atom stereocenters. The minimum absolute atomic E-state index is 0.396. The molecule has 3 heterocycles. The van der Waals surface area contributed by atoms with Crippen molar-refractivity contribution in [3.63, 3.8) is 0 Å². The molecule has 1 aliphatic heterocycles. The van der Waals surface area contributed by atoms with E-state index in [0.29, 0.717) is 29.5 Å². The Morgan fingerprint density at radius 2 is 2.07 bits per heavy atom. The summed E-state index contributed by atoms with van der Waals surface area (Å²) < 4.78 is 11.3. The van der Waals surface area contributed by atoms with Crippen LogP contribution >= 0.6 is 12.2 Å². The Morgan fingerprint density at radius 3 is 2.83 bits per heavy atom. The van der Waals surface area contributed by atoms with Crippen LogP contribution in [0.25, 0.3) is 0 Å². The topological polar surface area (TPSA) is 75.5 Å². The van der Waals surface area contributed by atoms with Gasteiger partial charge >= 0.3 is 0 Å². The van der Waals surface area contributed by atoms with Crippen molar-refractivity contribution in [2.24, 2.45) is 0 Å². The van der Waals surface area contributed by atoms with E-state index in [0.717, 1.165) is 36.7 Å². The molecule has 0 bridgehead atoms. The second-order valence-electron chi connectivity index (χ2n) is 7.23. The van der Waals surface area contributed by atoms with Gasteiger partial charge in [-0.05, 0) is 62.7 Å². The molecular formula is C22H25N5O2S. The maximum Gasteiger partial charge on any atom is 0.234 e. The Morgan fingerprint density at radius 1 is 1.20 bits per heavy atom. The lowest BCUT2D eigenvalue weighted by Crippen LogP contribution is -2.38. The van der Waals surface area contributed by atoms with Gasteiger partial charge in [0.05, 0.1) is 12.8 Å². The van der Waals surface area contributed by atoms with Crippen molar-refractivity contribution in [1.29, 1.82) is 0 Å². The SMILES string of the molecule is C[C@@H]1CCCCN1c1cc(Oc2ccccc2)nc(NC(=S)NCc2ccco2)n1. The molecule has 0 amide bonds. The normalized spacial score (nSPS) is 16.2. The fourth-order valence-electron chi connectivity index (χ4n) is 3.44. The van der Waals surface area contributed by atoms with Crippen LogP contribution in [0.5, 0.6) is 11.6 Å². The van der Waals surface area contributed by atoms with E-state index in [9.17, 15) is 0 Å². The number of benzene rings is 1. The smallest absolute Gasteiger partial charge is 0.234 e. The first kappa shape index (κ1) is 20.2. The van der Waals surface area contributed by atoms with Gasteiger partial charge < -0.3 is 24.7 Å². The van der Waals surface area contributed by atoms with Gasteiger partial charge in [-0.15, -0.1) is 0 Å². The molecule has 1 fully saturated rings. The number of piperidine rings is 1. The van der Waals surface area contributed by atoms with Crippen molar-refractivity contribution >= 4 is 29.1 Å². The van der Waals surface area contributed by atoms with E-state index in [1.54, 1.807) is 6.26 Å². The molecule has 1 saturated heterocycles. The monoisotopic (exact) mass is 423 g/mol.